The van der Waals surface area contributed by atoms with Gasteiger partial charge in [0.1, 0.15) is 23.2 Å². The number of nitrogens with zero attached hydrogens (tertiary/aromatic N) is 3. The van der Waals surface area contributed by atoms with E-state index in [1.54, 1.807) is 12.6 Å². The van der Waals surface area contributed by atoms with Crippen molar-refractivity contribution in [2.45, 2.75) is 25.3 Å². The van der Waals surface area contributed by atoms with Gasteiger partial charge < -0.3 is 14.2 Å². The third kappa shape index (κ3) is 3.06. The molecular formula is C21H22N4O2. The summed E-state index contributed by atoms with van der Waals surface area (Å²) >= 11 is 0. The minimum atomic E-state index is 0.176. The number of para-hydroxylation sites is 1. The lowest BCUT2D eigenvalue weighted by Crippen LogP contribution is -2.37. The first-order valence-electron chi connectivity index (χ1n) is 9.54. The molecule has 1 aliphatic rings. The van der Waals surface area contributed by atoms with E-state index in [1.165, 1.54) is 19.3 Å². The van der Waals surface area contributed by atoms with E-state index in [2.05, 4.69) is 26.3 Å². The Morgan fingerprint density at radius 3 is 2.78 bits per heavy atom. The Hall–Kier alpha value is -2.86. The van der Waals surface area contributed by atoms with Crippen molar-refractivity contribution in [1.29, 1.82) is 0 Å². The molecule has 3 aromatic heterocycles. The first-order valence-corrected chi connectivity index (χ1v) is 9.54. The topological polar surface area (TPSA) is 67.3 Å². The van der Waals surface area contributed by atoms with Crippen LogP contribution in [0.1, 0.15) is 31.1 Å². The number of piperidine rings is 1. The largest absolute Gasteiger partial charge is 0.468 e. The molecule has 27 heavy (non-hydrogen) atoms. The average Bonchev–Trinajstić information content (AvgIpc) is 3.37. The number of aromatic nitrogens is 2. The molecule has 0 saturated carbocycles. The van der Waals surface area contributed by atoms with Gasteiger partial charge in [-0.1, -0.05) is 18.6 Å². The van der Waals surface area contributed by atoms with E-state index in [9.17, 15) is 0 Å². The standard InChI is InChI=1S/C21H22N4O2/c1-4-10-25(11-5-1)16(18-9-6-12-26-18)13-22-21-20-19(23-14-24-21)15-7-2-3-8-17(15)27-20/h2-3,6-9,12,14,16H,1,4-5,10-11,13H2,(H,22,23,24). The number of benzene rings is 1. The summed E-state index contributed by atoms with van der Waals surface area (Å²) in [6.07, 6.45) is 7.11. The van der Waals surface area contributed by atoms with Gasteiger partial charge in [0, 0.05) is 11.9 Å². The van der Waals surface area contributed by atoms with Crippen molar-refractivity contribution in [2.24, 2.45) is 0 Å². The first kappa shape index (κ1) is 16.3. The van der Waals surface area contributed by atoms with Crippen LogP contribution in [0.3, 0.4) is 0 Å². The molecular weight excluding hydrogens is 340 g/mol. The highest BCUT2D eigenvalue weighted by Crippen LogP contribution is 2.31. The molecule has 5 rings (SSSR count). The molecule has 138 valence electrons. The molecule has 0 amide bonds. The third-order valence-corrected chi connectivity index (χ3v) is 5.32. The van der Waals surface area contributed by atoms with Gasteiger partial charge in [0.25, 0.3) is 0 Å². The van der Waals surface area contributed by atoms with E-state index in [-0.39, 0.29) is 6.04 Å². The molecule has 6 nitrogen and oxygen atoms in total. The van der Waals surface area contributed by atoms with Gasteiger partial charge in [0.15, 0.2) is 11.4 Å². The number of nitrogens with one attached hydrogen (secondary N) is 1. The van der Waals surface area contributed by atoms with Crippen molar-refractivity contribution in [2.75, 3.05) is 25.0 Å². The van der Waals surface area contributed by atoms with Crippen molar-refractivity contribution >= 4 is 27.9 Å². The van der Waals surface area contributed by atoms with E-state index < -0.39 is 0 Å². The lowest BCUT2D eigenvalue weighted by molar-refractivity contribution is 0.153. The number of likely N-dealkylation sites (tertiary alicyclic amines) is 1. The highest BCUT2D eigenvalue weighted by atomic mass is 16.3. The maximum Gasteiger partial charge on any atom is 0.196 e. The summed E-state index contributed by atoms with van der Waals surface area (Å²) in [6, 6.07) is 12.1. The Bertz CT molecular complexity index is 1030. The van der Waals surface area contributed by atoms with Crippen molar-refractivity contribution in [3.8, 4) is 0 Å². The van der Waals surface area contributed by atoms with Crippen LogP contribution in [0, 0.1) is 0 Å². The third-order valence-electron chi connectivity index (χ3n) is 5.32. The zero-order valence-corrected chi connectivity index (χ0v) is 15.1. The molecule has 1 unspecified atom stereocenters. The van der Waals surface area contributed by atoms with Crippen LogP contribution in [-0.4, -0.2) is 34.5 Å². The Morgan fingerprint density at radius 1 is 1.04 bits per heavy atom. The summed E-state index contributed by atoms with van der Waals surface area (Å²) in [4.78, 5) is 11.4. The van der Waals surface area contributed by atoms with Gasteiger partial charge in [0.05, 0.1) is 12.3 Å². The Labute approximate surface area is 157 Å². The van der Waals surface area contributed by atoms with E-state index in [1.807, 2.05) is 30.3 Å². The average molecular weight is 362 g/mol. The van der Waals surface area contributed by atoms with E-state index >= 15 is 0 Å². The summed E-state index contributed by atoms with van der Waals surface area (Å²) < 4.78 is 11.8. The predicted molar refractivity (Wildman–Crippen MR) is 105 cm³/mol. The Balaban J connectivity index is 1.45. The summed E-state index contributed by atoms with van der Waals surface area (Å²) in [5.74, 6) is 1.71. The van der Waals surface area contributed by atoms with Gasteiger partial charge in [-0.25, -0.2) is 9.97 Å². The van der Waals surface area contributed by atoms with Crippen LogP contribution in [0.15, 0.2) is 57.8 Å². The van der Waals surface area contributed by atoms with Crippen molar-refractivity contribution in [3.05, 3.63) is 54.7 Å². The highest BCUT2D eigenvalue weighted by Gasteiger charge is 2.25. The molecule has 4 heterocycles. The van der Waals surface area contributed by atoms with Gasteiger partial charge in [-0.3, -0.25) is 4.90 Å². The smallest absolute Gasteiger partial charge is 0.196 e. The minimum Gasteiger partial charge on any atom is -0.468 e. The van der Waals surface area contributed by atoms with Gasteiger partial charge in [-0.15, -0.1) is 0 Å². The van der Waals surface area contributed by atoms with Crippen LogP contribution < -0.4 is 5.32 Å². The van der Waals surface area contributed by atoms with Gasteiger partial charge >= 0.3 is 0 Å². The fourth-order valence-electron chi connectivity index (χ4n) is 3.96. The first-order chi connectivity index (χ1) is 13.4. The molecule has 0 radical (unpaired) electrons. The van der Waals surface area contributed by atoms with Crippen LogP contribution in [0.25, 0.3) is 22.1 Å². The molecule has 1 aromatic carbocycles. The van der Waals surface area contributed by atoms with E-state index in [0.717, 1.165) is 41.2 Å². The molecule has 1 fully saturated rings. The zero-order chi connectivity index (χ0) is 18.1. The second-order valence-corrected chi connectivity index (χ2v) is 7.01. The van der Waals surface area contributed by atoms with Crippen LogP contribution >= 0.6 is 0 Å². The lowest BCUT2D eigenvalue weighted by atomic mass is 10.1. The molecule has 0 bridgehead atoms. The molecule has 1 N–H and O–H groups in total. The summed E-state index contributed by atoms with van der Waals surface area (Å²) in [7, 11) is 0. The minimum absolute atomic E-state index is 0.176. The van der Waals surface area contributed by atoms with Crippen molar-refractivity contribution in [3.63, 3.8) is 0 Å². The van der Waals surface area contributed by atoms with Crippen molar-refractivity contribution < 1.29 is 8.83 Å². The molecule has 0 spiro atoms. The quantitative estimate of drug-likeness (QED) is 0.559. The second kappa shape index (κ2) is 7.04. The predicted octanol–water partition coefficient (Wildman–Crippen LogP) is 4.61. The number of rotatable bonds is 5. The normalized spacial score (nSPS) is 16.7. The number of hydrogen-bond donors (Lipinski definition) is 1. The van der Waals surface area contributed by atoms with Crippen LogP contribution in [0.2, 0.25) is 0 Å². The maximum absolute atomic E-state index is 6.03. The van der Waals surface area contributed by atoms with Gasteiger partial charge in [0.2, 0.25) is 0 Å². The monoisotopic (exact) mass is 362 g/mol. The summed E-state index contributed by atoms with van der Waals surface area (Å²) in [5, 5.41) is 4.50. The Morgan fingerprint density at radius 2 is 1.93 bits per heavy atom. The van der Waals surface area contributed by atoms with E-state index in [4.69, 9.17) is 8.83 Å². The molecule has 1 atom stereocenters. The zero-order valence-electron chi connectivity index (χ0n) is 15.1. The van der Waals surface area contributed by atoms with Crippen molar-refractivity contribution in [1.82, 2.24) is 14.9 Å². The maximum atomic E-state index is 6.03. The fraction of sp³-hybridized carbons (Fsp3) is 0.333. The molecule has 0 aliphatic carbocycles. The molecule has 1 saturated heterocycles. The van der Waals surface area contributed by atoms with Crippen LogP contribution in [0.5, 0.6) is 0 Å². The molecule has 4 aromatic rings. The lowest BCUT2D eigenvalue weighted by Gasteiger charge is -2.33. The number of fused-ring (bicyclic) bond motifs is 3. The SMILES string of the molecule is c1coc(C(CNc2ncnc3c2oc2ccccc23)N2CCCCC2)c1. The number of furan rings is 2. The van der Waals surface area contributed by atoms with Gasteiger partial charge in [-0.05, 0) is 50.2 Å². The summed E-state index contributed by atoms with van der Waals surface area (Å²) in [6.45, 7) is 2.89. The van der Waals surface area contributed by atoms with Crippen LogP contribution in [0.4, 0.5) is 5.82 Å². The Kier molecular flexibility index (Phi) is 4.26. The van der Waals surface area contributed by atoms with Gasteiger partial charge in [-0.2, -0.15) is 0 Å². The number of anilines is 1. The second-order valence-electron chi connectivity index (χ2n) is 7.01. The highest BCUT2D eigenvalue weighted by molar-refractivity contribution is 6.05. The molecule has 6 heteroatoms. The fourth-order valence-corrected chi connectivity index (χ4v) is 3.96. The molecule has 1 aliphatic heterocycles. The summed E-state index contributed by atoms with van der Waals surface area (Å²) in [5.41, 5.74) is 2.38. The number of hydrogen-bond acceptors (Lipinski definition) is 6. The van der Waals surface area contributed by atoms with E-state index in [0.29, 0.717) is 12.1 Å². The van der Waals surface area contributed by atoms with Crippen LogP contribution in [-0.2, 0) is 0 Å².